The molecule has 0 bridgehead atoms. The van der Waals surface area contributed by atoms with Crippen molar-refractivity contribution in [1.29, 1.82) is 0 Å². The number of amides is 1. The molecule has 3 rings (SSSR count). The molecule has 0 aliphatic carbocycles. The lowest BCUT2D eigenvalue weighted by Crippen LogP contribution is -2.30. The minimum Gasteiger partial charge on any atom is -0.334 e. The molecule has 31 heavy (non-hydrogen) atoms. The Hall–Kier alpha value is -2.74. The topological polar surface area (TPSA) is 66.5 Å². The summed E-state index contributed by atoms with van der Waals surface area (Å²) in [4.78, 5) is 17.4. The van der Waals surface area contributed by atoms with Gasteiger partial charge in [0.15, 0.2) is 0 Å². The third-order valence-electron chi connectivity index (χ3n) is 4.85. The Labute approximate surface area is 188 Å². The van der Waals surface area contributed by atoms with E-state index in [0.29, 0.717) is 13.1 Å². The molecular weight excluding hydrogens is 428 g/mol. The first kappa shape index (κ1) is 22.9. The summed E-state index contributed by atoms with van der Waals surface area (Å²) < 4.78 is 26.0. The van der Waals surface area contributed by atoms with E-state index in [-0.39, 0.29) is 10.8 Å². The Morgan fingerprint density at radius 2 is 1.74 bits per heavy atom. The van der Waals surface area contributed by atoms with Gasteiger partial charge in [-0.25, -0.2) is 13.1 Å². The predicted octanol–water partition coefficient (Wildman–Crippen LogP) is 4.25. The molecule has 3 aromatic rings. The molecule has 0 unspecified atom stereocenters. The predicted molar refractivity (Wildman–Crippen MR) is 126 cm³/mol. The van der Waals surface area contributed by atoms with Crippen LogP contribution < -0.4 is 4.72 Å². The number of hydrogen-bond donors (Lipinski definition) is 1. The van der Waals surface area contributed by atoms with E-state index in [1.165, 1.54) is 29.6 Å². The van der Waals surface area contributed by atoms with Crippen molar-refractivity contribution in [3.8, 4) is 0 Å². The highest BCUT2D eigenvalue weighted by Gasteiger charge is 2.13. The standard InChI is InChI=1S/C24H26N2O3S2/c1-19-8-12-22(30-19)18-26(17-16-20-6-4-3-5-7-20)24(27)15-11-21-9-13-23(14-10-21)31(28,29)25-2/h3-15,25H,16-18H2,1-2H3/b15-11+. The van der Waals surface area contributed by atoms with Gasteiger partial charge < -0.3 is 4.90 Å². The lowest BCUT2D eigenvalue weighted by atomic mass is 10.1. The molecule has 0 radical (unpaired) electrons. The van der Waals surface area contributed by atoms with Gasteiger partial charge in [0.05, 0.1) is 11.4 Å². The zero-order valence-electron chi connectivity index (χ0n) is 17.6. The Kier molecular flexibility index (Phi) is 7.79. The largest absolute Gasteiger partial charge is 0.334 e. The number of rotatable bonds is 9. The number of nitrogens with zero attached hydrogens (tertiary/aromatic N) is 1. The third kappa shape index (κ3) is 6.62. The summed E-state index contributed by atoms with van der Waals surface area (Å²) in [6.07, 6.45) is 4.04. The number of carbonyl (C=O) groups excluding carboxylic acids is 1. The fraction of sp³-hybridized carbons (Fsp3) is 0.208. The fourth-order valence-electron chi connectivity index (χ4n) is 3.08. The molecule has 2 aromatic carbocycles. The number of nitrogens with one attached hydrogen (secondary N) is 1. The molecule has 0 aliphatic rings. The van der Waals surface area contributed by atoms with E-state index in [0.717, 1.165) is 16.9 Å². The maximum atomic E-state index is 13.0. The van der Waals surface area contributed by atoms with Gasteiger partial charge in [-0.15, -0.1) is 11.3 Å². The molecular formula is C24H26N2O3S2. The first-order valence-electron chi connectivity index (χ1n) is 9.97. The van der Waals surface area contributed by atoms with E-state index < -0.39 is 10.0 Å². The second-order valence-corrected chi connectivity index (χ2v) is 10.4. The molecule has 1 amide bonds. The number of benzene rings is 2. The number of thiophene rings is 1. The summed E-state index contributed by atoms with van der Waals surface area (Å²) in [5.74, 6) is -0.0751. The molecule has 0 saturated carbocycles. The van der Waals surface area contributed by atoms with Gasteiger partial charge in [-0.05, 0) is 61.9 Å². The summed E-state index contributed by atoms with van der Waals surface area (Å²) in [5, 5.41) is 0. The number of aryl methyl sites for hydroxylation is 1. The Morgan fingerprint density at radius 3 is 2.35 bits per heavy atom. The molecule has 1 aromatic heterocycles. The van der Waals surface area contributed by atoms with E-state index >= 15 is 0 Å². The summed E-state index contributed by atoms with van der Waals surface area (Å²) in [6, 6.07) is 20.7. The van der Waals surface area contributed by atoms with Crippen molar-refractivity contribution < 1.29 is 13.2 Å². The lowest BCUT2D eigenvalue weighted by Gasteiger charge is -2.21. The molecule has 7 heteroatoms. The Balaban J connectivity index is 1.72. The first-order valence-corrected chi connectivity index (χ1v) is 12.3. The highest BCUT2D eigenvalue weighted by atomic mass is 32.2. The zero-order chi connectivity index (χ0) is 22.3. The van der Waals surface area contributed by atoms with E-state index in [1.807, 2.05) is 23.1 Å². The second kappa shape index (κ2) is 10.5. The Bertz CT molecular complexity index is 1140. The van der Waals surface area contributed by atoms with Gasteiger partial charge in [0, 0.05) is 22.4 Å². The zero-order valence-corrected chi connectivity index (χ0v) is 19.2. The van der Waals surface area contributed by atoms with E-state index in [2.05, 4.69) is 35.9 Å². The molecule has 162 valence electrons. The average molecular weight is 455 g/mol. The number of carbonyl (C=O) groups is 1. The SMILES string of the molecule is CNS(=O)(=O)c1ccc(/C=C/C(=O)N(CCc2ccccc2)Cc2ccc(C)s2)cc1. The van der Waals surface area contributed by atoms with Gasteiger partial charge in [-0.2, -0.15) is 0 Å². The molecule has 1 N–H and O–H groups in total. The first-order chi connectivity index (χ1) is 14.9. The molecule has 1 heterocycles. The minimum atomic E-state index is -3.47. The van der Waals surface area contributed by atoms with Crippen LogP contribution in [0.4, 0.5) is 0 Å². The van der Waals surface area contributed by atoms with E-state index in [1.54, 1.807) is 35.6 Å². The van der Waals surface area contributed by atoms with E-state index in [4.69, 9.17) is 0 Å². The normalized spacial score (nSPS) is 11.7. The molecule has 0 aliphatic heterocycles. The maximum absolute atomic E-state index is 13.0. The highest BCUT2D eigenvalue weighted by molar-refractivity contribution is 7.89. The Morgan fingerprint density at radius 1 is 1.03 bits per heavy atom. The van der Waals surface area contributed by atoms with Crippen LogP contribution >= 0.6 is 11.3 Å². The van der Waals surface area contributed by atoms with Crippen LogP contribution in [0.2, 0.25) is 0 Å². The van der Waals surface area contributed by atoms with Crippen LogP contribution in [-0.4, -0.2) is 32.8 Å². The molecule has 5 nitrogen and oxygen atoms in total. The smallest absolute Gasteiger partial charge is 0.246 e. The maximum Gasteiger partial charge on any atom is 0.246 e. The summed E-state index contributed by atoms with van der Waals surface area (Å²) in [6.45, 7) is 3.24. The fourth-order valence-corrected chi connectivity index (χ4v) is 4.72. The van der Waals surface area contributed by atoms with Gasteiger partial charge >= 0.3 is 0 Å². The van der Waals surface area contributed by atoms with E-state index in [9.17, 15) is 13.2 Å². The van der Waals surface area contributed by atoms with Crippen molar-refractivity contribution >= 4 is 33.3 Å². The summed E-state index contributed by atoms with van der Waals surface area (Å²) in [5.41, 5.74) is 1.95. The van der Waals surface area contributed by atoms with Crippen molar-refractivity contribution in [3.05, 3.63) is 93.7 Å². The number of sulfonamides is 1. The molecule has 0 spiro atoms. The molecule has 0 saturated heterocycles. The van der Waals surface area contributed by atoms with Crippen LogP contribution in [0.25, 0.3) is 6.08 Å². The van der Waals surface area contributed by atoms with Crippen LogP contribution in [-0.2, 0) is 27.8 Å². The minimum absolute atomic E-state index is 0.0751. The van der Waals surface area contributed by atoms with Gasteiger partial charge in [0.2, 0.25) is 15.9 Å². The van der Waals surface area contributed by atoms with Gasteiger partial charge in [0.1, 0.15) is 0 Å². The van der Waals surface area contributed by atoms with Crippen molar-refractivity contribution in [3.63, 3.8) is 0 Å². The monoisotopic (exact) mass is 454 g/mol. The summed E-state index contributed by atoms with van der Waals surface area (Å²) >= 11 is 1.69. The van der Waals surface area contributed by atoms with Crippen molar-refractivity contribution in [1.82, 2.24) is 9.62 Å². The quantitative estimate of drug-likeness (QED) is 0.492. The van der Waals surface area contributed by atoms with Crippen molar-refractivity contribution in [2.24, 2.45) is 0 Å². The lowest BCUT2D eigenvalue weighted by molar-refractivity contribution is -0.126. The number of hydrogen-bond acceptors (Lipinski definition) is 4. The van der Waals surface area contributed by atoms with Crippen LogP contribution in [0, 0.1) is 6.92 Å². The molecule has 0 fully saturated rings. The van der Waals surface area contributed by atoms with Crippen LogP contribution in [0.3, 0.4) is 0 Å². The average Bonchev–Trinajstić information content (AvgIpc) is 3.20. The van der Waals surface area contributed by atoms with Crippen LogP contribution in [0.15, 0.2) is 77.7 Å². The van der Waals surface area contributed by atoms with Gasteiger partial charge in [-0.1, -0.05) is 42.5 Å². The van der Waals surface area contributed by atoms with Crippen molar-refractivity contribution in [2.75, 3.05) is 13.6 Å². The summed E-state index contributed by atoms with van der Waals surface area (Å²) in [7, 11) is -2.10. The van der Waals surface area contributed by atoms with Crippen LogP contribution in [0.1, 0.15) is 20.9 Å². The second-order valence-electron chi connectivity index (χ2n) is 7.12. The molecule has 0 atom stereocenters. The third-order valence-corrected chi connectivity index (χ3v) is 7.26. The van der Waals surface area contributed by atoms with Gasteiger partial charge in [0.25, 0.3) is 0 Å². The van der Waals surface area contributed by atoms with Crippen LogP contribution in [0.5, 0.6) is 0 Å². The van der Waals surface area contributed by atoms with Crippen molar-refractivity contribution in [2.45, 2.75) is 24.8 Å². The highest BCUT2D eigenvalue weighted by Crippen LogP contribution is 2.18. The van der Waals surface area contributed by atoms with Gasteiger partial charge in [-0.3, -0.25) is 4.79 Å².